The second-order valence-corrected chi connectivity index (χ2v) is 3.13. The number of rotatable bonds is 3. The Bertz CT molecular complexity index is 138. The maximum atomic E-state index is 10.9. The first-order valence-electron chi connectivity index (χ1n) is 3.68. The maximum absolute atomic E-state index is 10.9. The van der Waals surface area contributed by atoms with Crippen LogP contribution in [0.3, 0.4) is 0 Å². The Balaban J connectivity index is 2.15. The monoisotopic (exact) mass is 161 g/mol. The van der Waals surface area contributed by atoms with Crippen molar-refractivity contribution in [2.45, 2.75) is 25.1 Å². The van der Waals surface area contributed by atoms with Gasteiger partial charge < -0.3 is 4.90 Å². The first-order valence-corrected chi connectivity index (χ1v) is 4.12. The smallest absolute Gasteiger partial charge is 0.242 e. The van der Waals surface area contributed by atoms with Crippen molar-refractivity contribution >= 4 is 17.5 Å². The first-order chi connectivity index (χ1) is 4.75. The zero-order chi connectivity index (χ0) is 7.56. The molecule has 0 aliphatic carbocycles. The number of β-lactam (4-membered cyclic amide) rings is 1. The van der Waals surface area contributed by atoms with Crippen LogP contribution in [0, 0.1) is 0 Å². The van der Waals surface area contributed by atoms with Gasteiger partial charge in [0.05, 0.1) is 0 Å². The molecule has 58 valence electrons. The summed E-state index contributed by atoms with van der Waals surface area (Å²) in [5.41, 5.74) is 0. The molecule has 10 heavy (non-hydrogen) atoms. The molecule has 0 N–H and O–H groups in total. The van der Waals surface area contributed by atoms with Crippen molar-refractivity contribution in [2.24, 2.45) is 0 Å². The van der Waals surface area contributed by atoms with Crippen LogP contribution >= 0.6 is 11.6 Å². The molecule has 1 rings (SSSR count). The van der Waals surface area contributed by atoms with Gasteiger partial charge >= 0.3 is 0 Å². The minimum absolute atomic E-state index is 0.107. The summed E-state index contributed by atoms with van der Waals surface area (Å²) in [4.78, 5) is 12.7. The topological polar surface area (TPSA) is 20.3 Å². The van der Waals surface area contributed by atoms with Gasteiger partial charge in [0.2, 0.25) is 5.91 Å². The average Bonchev–Trinajstić information content (AvgIpc) is 1.97. The molecule has 1 aliphatic heterocycles. The van der Waals surface area contributed by atoms with Gasteiger partial charge in [0.25, 0.3) is 0 Å². The number of alkyl halides is 1. The lowest BCUT2D eigenvalue weighted by molar-refractivity contribution is -0.139. The van der Waals surface area contributed by atoms with Crippen LogP contribution in [0.4, 0.5) is 0 Å². The minimum atomic E-state index is -0.225. The van der Waals surface area contributed by atoms with Gasteiger partial charge in [-0.2, -0.15) is 0 Å². The van der Waals surface area contributed by atoms with Crippen molar-refractivity contribution in [3.05, 3.63) is 0 Å². The van der Waals surface area contributed by atoms with E-state index in [1.54, 1.807) is 4.90 Å². The van der Waals surface area contributed by atoms with E-state index in [9.17, 15) is 4.79 Å². The summed E-state index contributed by atoms with van der Waals surface area (Å²) in [5, 5.41) is -0.225. The predicted molar refractivity (Wildman–Crippen MR) is 41.1 cm³/mol. The van der Waals surface area contributed by atoms with E-state index in [0.29, 0.717) is 0 Å². The van der Waals surface area contributed by atoms with Crippen molar-refractivity contribution in [2.75, 3.05) is 13.1 Å². The molecule has 0 saturated carbocycles. The van der Waals surface area contributed by atoms with Crippen molar-refractivity contribution in [1.82, 2.24) is 4.90 Å². The Morgan fingerprint density at radius 2 is 2.50 bits per heavy atom. The molecule has 0 aromatic rings. The van der Waals surface area contributed by atoms with Gasteiger partial charge in [0.1, 0.15) is 5.38 Å². The largest absolute Gasteiger partial charge is 0.339 e. The third-order valence-corrected chi connectivity index (χ3v) is 2.07. The molecule has 1 amide bonds. The van der Waals surface area contributed by atoms with Crippen molar-refractivity contribution < 1.29 is 4.79 Å². The van der Waals surface area contributed by atoms with Crippen LogP contribution in [0.1, 0.15) is 19.8 Å². The molecule has 1 saturated heterocycles. The van der Waals surface area contributed by atoms with Gasteiger partial charge in [-0.15, -0.1) is 11.6 Å². The molecule has 0 aromatic heterocycles. The first kappa shape index (κ1) is 7.86. The molecular formula is C7H12ClNO. The summed E-state index contributed by atoms with van der Waals surface area (Å²) in [6, 6.07) is 0. The van der Waals surface area contributed by atoms with Crippen molar-refractivity contribution in [3.8, 4) is 0 Å². The van der Waals surface area contributed by atoms with Gasteiger partial charge in [0.15, 0.2) is 0 Å². The summed E-state index contributed by atoms with van der Waals surface area (Å²) >= 11 is 5.58. The Labute approximate surface area is 66.1 Å². The van der Waals surface area contributed by atoms with E-state index in [4.69, 9.17) is 11.6 Å². The molecule has 2 nitrogen and oxygen atoms in total. The van der Waals surface area contributed by atoms with Gasteiger partial charge in [0, 0.05) is 13.1 Å². The van der Waals surface area contributed by atoms with Crippen LogP contribution in [-0.4, -0.2) is 29.3 Å². The third kappa shape index (κ3) is 1.43. The van der Waals surface area contributed by atoms with Crippen LogP contribution < -0.4 is 0 Å². The minimum Gasteiger partial charge on any atom is -0.339 e. The number of hydrogen-bond donors (Lipinski definition) is 0. The highest BCUT2D eigenvalue weighted by Gasteiger charge is 2.33. The van der Waals surface area contributed by atoms with E-state index in [1.165, 1.54) is 0 Å². The fourth-order valence-electron chi connectivity index (χ4n) is 0.998. The fourth-order valence-corrected chi connectivity index (χ4v) is 1.30. The van der Waals surface area contributed by atoms with Gasteiger partial charge in [-0.25, -0.2) is 0 Å². The molecule has 0 bridgehead atoms. The number of carbonyl (C=O) groups excluding carboxylic acids is 1. The van der Waals surface area contributed by atoms with Crippen LogP contribution in [0.15, 0.2) is 0 Å². The molecule has 3 heteroatoms. The number of halogens is 1. The maximum Gasteiger partial charge on any atom is 0.242 e. The average molecular weight is 162 g/mol. The summed E-state index contributed by atoms with van der Waals surface area (Å²) in [6.07, 6.45) is 2.23. The highest BCUT2D eigenvalue weighted by molar-refractivity contribution is 6.33. The number of carbonyl (C=O) groups is 1. The number of hydrogen-bond acceptors (Lipinski definition) is 1. The molecule has 0 aromatic carbocycles. The van der Waals surface area contributed by atoms with E-state index in [0.717, 1.165) is 25.9 Å². The highest BCUT2D eigenvalue weighted by Crippen LogP contribution is 2.15. The van der Waals surface area contributed by atoms with E-state index in [1.807, 2.05) is 0 Å². The lowest BCUT2D eigenvalue weighted by atomic mass is 10.2. The Kier molecular flexibility index (Phi) is 2.55. The quantitative estimate of drug-likeness (QED) is 0.451. The number of unbranched alkanes of at least 4 members (excludes halogenated alkanes) is 1. The molecule has 1 heterocycles. The molecule has 0 radical (unpaired) electrons. The summed E-state index contributed by atoms with van der Waals surface area (Å²) in [7, 11) is 0. The van der Waals surface area contributed by atoms with E-state index in [-0.39, 0.29) is 11.3 Å². The standard InChI is InChI=1S/C7H12ClNO/c1-2-3-4-9-5-6(8)7(9)10/h6H,2-5H2,1H3/t6-/m0/s1. The fraction of sp³-hybridized carbons (Fsp3) is 0.857. The molecular weight excluding hydrogens is 150 g/mol. The van der Waals surface area contributed by atoms with E-state index in [2.05, 4.69) is 6.92 Å². The summed E-state index contributed by atoms with van der Waals surface area (Å²) in [5.74, 6) is 0.107. The number of likely N-dealkylation sites (tertiary alicyclic amines) is 1. The molecule has 0 unspecified atom stereocenters. The normalized spacial score (nSPS) is 24.8. The van der Waals surface area contributed by atoms with Crippen LogP contribution in [-0.2, 0) is 4.79 Å². The van der Waals surface area contributed by atoms with Crippen LogP contribution in [0.25, 0.3) is 0 Å². The zero-order valence-electron chi connectivity index (χ0n) is 6.14. The second-order valence-electron chi connectivity index (χ2n) is 2.61. The molecule has 0 spiro atoms. The second kappa shape index (κ2) is 3.24. The Hall–Kier alpha value is -0.240. The van der Waals surface area contributed by atoms with Gasteiger partial charge in [-0.1, -0.05) is 13.3 Å². The van der Waals surface area contributed by atoms with Crippen LogP contribution in [0.5, 0.6) is 0 Å². The zero-order valence-corrected chi connectivity index (χ0v) is 6.90. The molecule has 1 fully saturated rings. The Morgan fingerprint density at radius 1 is 1.80 bits per heavy atom. The SMILES string of the molecule is CCCCN1C[C@H](Cl)C1=O. The Morgan fingerprint density at radius 3 is 2.90 bits per heavy atom. The van der Waals surface area contributed by atoms with Gasteiger partial charge in [-0.3, -0.25) is 4.79 Å². The number of nitrogens with zero attached hydrogens (tertiary/aromatic N) is 1. The van der Waals surface area contributed by atoms with Crippen molar-refractivity contribution in [3.63, 3.8) is 0 Å². The third-order valence-electron chi connectivity index (χ3n) is 1.74. The lowest BCUT2D eigenvalue weighted by Crippen LogP contribution is -2.53. The van der Waals surface area contributed by atoms with Gasteiger partial charge in [-0.05, 0) is 6.42 Å². The van der Waals surface area contributed by atoms with Crippen molar-refractivity contribution in [1.29, 1.82) is 0 Å². The highest BCUT2D eigenvalue weighted by atomic mass is 35.5. The van der Waals surface area contributed by atoms with E-state index >= 15 is 0 Å². The van der Waals surface area contributed by atoms with Crippen LogP contribution in [0.2, 0.25) is 0 Å². The molecule has 1 atom stereocenters. The summed E-state index contributed by atoms with van der Waals surface area (Å²) in [6.45, 7) is 3.75. The molecule has 1 aliphatic rings. The van der Waals surface area contributed by atoms with E-state index < -0.39 is 0 Å². The number of amides is 1. The predicted octanol–water partition coefficient (Wildman–Crippen LogP) is 1.24. The lowest BCUT2D eigenvalue weighted by Gasteiger charge is -2.34. The summed E-state index contributed by atoms with van der Waals surface area (Å²) < 4.78 is 0.